The zero-order valence-electron chi connectivity index (χ0n) is 12.3. The van der Waals surface area contributed by atoms with Crippen molar-refractivity contribution < 1.29 is 9.47 Å². The molecular weight excluding hydrogens is 286 g/mol. The third-order valence-corrected chi connectivity index (χ3v) is 4.76. The van der Waals surface area contributed by atoms with Crippen LogP contribution in [0, 0.1) is 0 Å². The summed E-state index contributed by atoms with van der Waals surface area (Å²) in [6.07, 6.45) is 2.67. The lowest BCUT2D eigenvalue weighted by atomic mass is 10.2. The van der Waals surface area contributed by atoms with Crippen molar-refractivity contribution in [1.29, 1.82) is 0 Å². The minimum absolute atomic E-state index is 0.358. The van der Waals surface area contributed by atoms with Crippen LogP contribution in [0.25, 0.3) is 11.4 Å². The molecule has 1 aliphatic rings. The second-order valence-corrected chi connectivity index (χ2v) is 6.03. The largest absolute Gasteiger partial charge is 0.497 e. The Morgan fingerprint density at radius 3 is 2.81 bits per heavy atom. The summed E-state index contributed by atoms with van der Waals surface area (Å²) < 4.78 is 12.8. The normalized spacial score (nSPS) is 18.1. The smallest absolute Gasteiger partial charge is 0.191 e. The number of thioether (sulfide) groups is 1. The number of benzene rings is 1. The van der Waals surface area contributed by atoms with Gasteiger partial charge in [0, 0.05) is 25.0 Å². The zero-order chi connectivity index (χ0) is 14.7. The Labute approximate surface area is 128 Å². The average Bonchev–Trinajstić information content (AvgIpc) is 3.15. The summed E-state index contributed by atoms with van der Waals surface area (Å²) in [5.74, 6) is 2.65. The van der Waals surface area contributed by atoms with Gasteiger partial charge in [-0.05, 0) is 37.1 Å². The molecule has 3 rings (SSSR count). The number of ether oxygens (including phenoxy) is 2. The van der Waals surface area contributed by atoms with Crippen LogP contribution in [-0.2, 0) is 11.8 Å². The topological polar surface area (TPSA) is 49.2 Å². The predicted molar refractivity (Wildman–Crippen MR) is 82.7 cm³/mol. The molecule has 1 saturated heterocycles. The SMILES string of the molecule is COc1ccc(-c2nnc(SC[C@H]3CCCO3)n2C)cc1. The van der Waals surface area contributed by atoms with E-state index in [2.05, 4.69) is 10.2 Å². The molecule has 0 saturated carbocycles. The Balaban J connectivity index is 1.71. The second kappa shape index (κ2) is 6.49. The minimum Gasteiger partial charge on any atom is -0.497 e. The quantitative estimate of drug-likeness (QED) is 0.795. The van der Waals surface area contributed by atoms with Gasteiger partial charge in [0.25, 0.3) is 0 Å². The molecule has 21 heavy (non-hydrogen) atoms. The zero-order valence-corrected chi connectivity index (χ0v) is 13.1. The van der Waals surface area contributed by atoms with Gasteiger partial charge in [0.15, 0.2) is 11.0 Å². The molecule has 6 heteroatoms. The van der Waals surface area contributed by atoms with Gasteiger partial charge in [0.2, 0.25) is 0 Å². The molecule has 1 fully saturated rings. The van der Waals surface area contributed by atoms with Crippen molar-refractivity contribution in [2.75, 3.05) is 19.5 Å². The number of hydrogen-bond donors (Lipinski definition) is 0. The predicted octanol–water partition coefficient (Wildman–Crippen LogP) is 2.76. The van der Waals surface area contributed by atoms with E-state index < -0.39 is 0 Å². The van der Waals surface area contributed by atoms with Gasteiger partial charge < -0.3 is 14.0 Å². The average molecular weight is 305 g/mol. The lowest BCUT2D eigenvalue weighted by Crippen LogP contribution is -2.08. The van der Waals surface area contributed by atoms with Gasteiger partial charge in [-0.2, -0.15) is 0 Å². The van der Waals surface area contributed by atoms with E-state index in [1.807, 2.05) is 35.9 Å². The Hall–Kier alpha value is -1.53. The van der Waals surface area contributed by atoms with E-state index in [9.17, 15) is 0 Å². The molecule has 112 valence electrons. The van der Waals surface area contributed by atoms with Crippen LogP contribution in [0.3, 0.4) is 0 Å². The summed E-state index contributed by atoms with van der Waals surface area (Å²) in [5, 5.41) is 9.51. The highest BCUT2D eigenvalue weighted by molar-refractivity contribution is 7.99. The summed E-state index contributed by atoms with van der Waals surface area (Å²) >= 11 is 1.71. The fourth-order valence-corrected chi connectivity index (χ4v) is 3.35. The molecule has 2 aromatic rings. The number of hydrogen-bond acceptors (Lipinski definition) is 5. The van der Waals surface area contributed by atoms with Crippen LogP contribution in [0.15, 0.2) is 29.4 Å². The second-order valence-electron chi connectivity index (χ2n) is 5.04. The molecule has 0 unspecified atom stereocenters. The van der Waals surface area contributed by atoms with Gasteiger partial charge in [-0.25, -0.2) is 0 Å². The van der Waals surface area contributed by atoms with Crippen LogP contribution in [-0.4, -0.2) is 40.3 Å². The van der Waals surface area contributed by atoms with Gasteiger partial charge in [0.1, 0.15) is 5.75 Å². The van der Waals surface area contributed by atoms with Crippen LogP contribution in [0.2, 0.25) is 0 Å². The van der Waals surface area contributed by atoms with Gasteiger partial charge in [0.05, 0.1) is 13.2 Å². The molecule has 1 aromatic heterocycles. The van der Waals surface area contributed by atoms with Crippen LogP contribution in [0.5, 0.6) is 5.75 Å². The summed E-state index contributed by atoms with van der Waals surface area (Å²) in [6.45, 7) is 0.890. The maximum Gasteiger partial charge on any atom is 0.191 e. The summed E-state index contributed by atoms with van der Waals surface area (Å²) in [5.41, 5.74) is 1.04. The Kier molecular flexibility index (Phi) is 4.45. The first-order chi connectivity index (χ1) is 10.3. The highest BCUT2D eigenvalue weighted by Crippen LogP contribution is 2.26. The molecule has 0 aliphatic carbocycles. The first-order valence-electron chi connectivity index (χ1n) is 7.06. The van der Waals surface area contributed by atoms with Crippen molar-refractivity contribution in [2.24, 2.45) is 7.05 Å². The Morgan fingerprint density at radius 1 is 1.33 bits per heavy atom. The van der Waals surface area contributed by atoms with Gasteiger partial charge in [-0.15, -0.1) is 10.2 Å². The van der Waals surface area contributed by atoms with E-state index in [1.165, 1.54) is 6.42 Å². The molecule has 5 nitrogen and oxygen atoms in total. The molecule has 0 amide bonds. The molecular formula is C15H19N3O2S. The van der Waals surface area contributed by atoms with E-state index in [1.54, 1.807) is 18.9 Å². The fourth-order valence-electron chi connectivity index (χ4n) is 2.38. The Bertz CT molecular complexity index is 591. The van der Waals surface area contributed by atoms with Crippen molar-refractivity contribution in [3.8, 4) is 17.1 Å². The third kappa shape index (κ3) is 3.22. The molecule has 1 aliphatic heterocycles. The monoisotopic (exact) mass is 305 g/mol. The van der Waals surface area contributed by atoms with E-state index in [0.29, 0.717) is 6.10 Å². The number of rotatable bonds is 5. The summed E-state index contributed by atoms with van der Waals surface area (Å²) in [4.78, 5) is 0. The molecule has 0 radical (unpaired) electrons. The maximum atomic E-state index is 5.64. The molecule has 0 spiro atoms. The van der Waals surface area contributed by atoms with E-state index >= 15 is 0 Å². The number of aromatic nitrogens is 3. The minimum atomic E-state index is 0.358. The van der Waals surface area contributed by atoms with Crippen LogP contribution in [0.4, 0.5) is 0 Å². The molecule has 2 heterocycles. The van der Waals surface area contributed by atoms with Crippen molar-refractivity contribution in [1.82, 2.24) is 14.8 Å². The van der Waals surface area contributed by atoms with Crippen LogP contribution >= 0.6 is 11.8 Å². The van der Waals surface area contributed by atoms with Crippen molar-refractivity contribution in [3.05, 3.63) is 24.3 Å². The maximum absolute atomic E-state index is 5.64. The van der Waals surface area contributed by atoms with E-state index in [0.717, 1.165) is 41.1 Å². The van der Waals surface area contributed by atoms with Crippen LogP contribution < -0.4 is 4.74 Å². The number of nitrogens with zero attached hydrogens (tertiary/aromatic N) is 3. The first kappa shape index (κ1) is 14.4. The van der Waals surface area contributed by atoms with Crippen molar-refractivity contribution in [3.63, 3.8) is 0 Å². The summed E-state index contributed by atoms with van der Waals surface area (Å²) in [7, 11) is 3.66. The van der Waals surface area contributed by atoms with Gasteiger partial charge in [-0.3, -0.25) is 0 Å². The van der Waals surface area contributed by atoms with E-state index in [4.69, 9.17) is 9.47 Å². The van der Waals surface area contributed by atoms with Gasteiger partial charge >= 0.3 is 0 Å². The Morgan fingerprint density at radius 2 is 2.14 bits per heavy atom. The molecule has 1 atom stereocenters. The van der Waals surface area contributed by atoms with Crippen molar-refractivity contribution >= 4 is 11.8 Å². The molecule has 0 N–H and O–H groups in total. The molecule has 0 bridgehead atoms. The third-order valence-electron chi connectivity index (χ3n) is 3.61. The highest BCUT2D eigenvalue weighted by Gasteiger charge is 2.18. The lowest BCUT2D eigenvalue weighted by molar-refractivity contribution is 0.129. The van der Waals surface area contributed by atoms with Gasteiger partial charge in [-0.1, -0.05) is 11.8 Å². The van der Waals surface area contributed by atoms with Crippen LogP contribution in [0.1, 0.15) is 12.8 Å². The highest BCUT2D eigenvalue weighted by atomic mass is 32.2. The lowest BCUT2D eigenvalue weighted by Gasteiger charge is -2.08. The number of methoxy groups -OCH3 is 1. The standard InChI is InChI=1S/C15H19N3O2S/c1-18-14(11-5-7-12(19-2)8-6-11)16-17-15(18)21-10-13-4-3-9-20-13/h5-8,13H,3-4,9-10H2,1-2H3/t13-/m1/s1. The first-order valence-corrected chi connectivity index (χ1v) is 8.04. The molecule has 1 aromatic carbocycles. The van der Waals surface area contributed by atoms with Crippen molar-refractivity contribution in [2.45, 2.75) is 24.1 Å². The van der Waals surface area contributed by atoms with E-state index in [-0.39, 0.29) is 0 Å². The fraction of sp³-hybridized carbons (Fsp3) is 0.467. The summed E-state index contributed by atoms with van der Waals surface area (Å²) in [6, 6.07) is 7.86.